The molecule has 0 atom stereocenters. The molecule has 5 nitrogen and oxygen atoms in total. The van der Waals surface area contributed by atoms with Gasteiger partial charge < -0.3 is 15.3 Å². The standard InChI is InChI=1S/C19H26N2O3/c1-21(17-10-2-13(12-22)3-11-17)19(24)15-6-4-14(5-7-15)18(23)20-16-8-9-16/h4-7,13,16-17,22H,2-3,8-12H2,1H3,(H,20,23). The molecule has 130 valence electrons. The minimum absolute atomic E-state index is 0.00315. The van der Waals surface area contributed by atoms with Crippen LogP contribution >= 0.6 is 0 Å². The third-order valence-corrected chi connectivity index (χ3v) is 5.25. The molecule has 24 heavy (non-hydrogen) atoms. The fraction of sp³-hybridized carbons (Fsp3) is 0.579. The Balaban J connectivity index is 1.58. The van der Waals surface area contributed by atoms with E-state index < -0.39 is 0 Å². The molecule has 2 aliphatic carbocycles. The van der Waals surface area contributed by atoms with Crippen molar-refractivity contribution < 1.29 is 14.7 Å². The van der Waals surface area contributed by atoms with Crippen LogP contribution in [0.5, 0.6) is 0 Å². The first-order valence-corrected chi connectivity index (χ1v) is 8.87. The van der Waals surface area contributed by atoms with Crippen LogP contribution in [0, 0.1) is 5.92 Å². The van der Waals surface area contributed by atoms with E-state index in [0.717, 1.165) is 38.5 Å². The molecule has 0 spiro atoms. The number of nitrogens with zero attached hydrogens (tertiary/aromatic N) is 1. The van der Waals surface area contributed by atoms with Crippen LogP contribution < -0.4 is 5.32 Å². The van der Waals surface area contributed by atoms with E-state index in [-0.39, 0.29) is 24.5 Å². The highest BCUT2D eigenvalue weighted by Crippen LogP contribution is 2.27. The molecule has 5 heteroatoms. The third-order valence-electron chi connectivity index (χ3n) is 5.25. The smallest absolute Gasteiger partial charge is 0.253 e. The summed E-state index contributed by atoms with van der Waals surface area (Å²) in [6, 6.07) is 7.49. The maximum absolute atomic E-state index is 12.6. The second-order valence-electron chi connectivity index (χ2n) is 7.10. The van der Waals surface area contributed by atoms with Crippen molar-refractivity contribution in [1.29, 1.82) is 0 Å². The van der Waals surface area contributed by atoms with E-state index in [1.807, 2.05) is 11.9 Å². The monoisotopic (exact) mass is 330 g/mol. The number of aliphatic hydroxyl groups excluding tert-OH is 1. The van der Waals surface area contributed by atoms with Crippen molar-refractivity contribution in [2.24, 2.45) is 5.92 Å². The van der Waals surface area contributed by atoms with Crippen molar-refractivity contribution in [2.75, 3.05) is 13.7 Å². The van der Waals surface area contributed by atoms with Crippen LogP contribution in [0.3, 0.4) is 0 Å². The second-order valence-corrected chi connectivity index (χ2v) is 7.10. The van der Waals surface area contributed by atoms with Gasteiger partial charge in [-0.25, -0.2) is 0 Å². The molecule has 2 N–H and O–H groups in total. The molecule has 2 saturated carbocycles. The fourth-order valence-corrected chi connectivity index (χ4v) is 3.34. The lowest BCUT2D eigenvalue weighted by Gasteiger charge is -2.34. The number of hydrogen-bond donors (Lipinski definition) is 2. The summed E-state index contributed by atoms with van der Waals surface area (Å²) in [5.41, 5.74) is 1.22. The van der Waals surface area contributed by atoms with Gasteiger partial charge in [-0.05, 0) is 68.7 Å². The van der Waals surface area contributed by atoms with E-state index in [0.29, 0.717) is 23.1 Å². The van der Waals surface area contributed by atoms with Crippen LogP contribution in [0.1, 0.15) is 59.2 Å². The van der Waals surface area contributed by atoms with Crippen LogP contribution in [-0.4, -0.2) is 47.6 Å². The number of amides is 2. The Bertz CT molecular complexity index is 587. The molecule has 0 unspecified atom stereocenters. The third kappa shape index (κ3) is 3.96. The van der Waals surface area contributed by atoms with E-state index in [9.17, 15) is 14.7 Å². The summed E-state index contributed by atoms with van der Waals surface area (Å²) < 4.78 is 0. The lowest BCUT2D eigenvalue weighted by molar-refractivity contribution is 0.0652. The number of carbonyl (C=O) groups excluding carboxylic acids is 2. The summed E-state index contributed by atoms with van der Waals surface area (Å²) in [6.45, 7) is 0.245. The van der Waals surface area contributed by atoms with Crippen molar-refractivity contribution in [3.8, 4) is 0 Å². The van der Waals surface area contributed by atoms with Gasteiger partial charge in [0, 0.05) is 36.9 Å². The molecule has 0 saturated heterocycles. The van der Waals surface area contributed by atoms with Crippen molar-refractivity contribution in [3.05, 3.63) is 35.4 Å². The minimum atomic E-state index is -0.0628. The van der Waals surface area contributed by atoms with Gasteiger partial charge in [0.2, 0.25) is 0 Å². The van der Waals surface area contributed by atoms with Gasteiger partial charge in [0.15, 0.2) is 0 Å². The quantitative estimate of drug-likeness (QED) is 0.869. The summed E-state index contributed by atoms with van der Waals surface area (Å²) in [4.78, 5) is 26.4. The average Bonchev–Trinajstić information content (AvgIpc) is 3.44. The van der Waals surface area contributed by atoms with Crippen LogP contribution in [0.2, 0.25) is 0 Å². The predicted octanol–water partition coefficient (Wildman–Crippen LogP) is 2.20. The Hall–Kier alpha value is -1.88. The van der Waals surface area contributed by atoms with Crippen LogP contribution in [0.4, 0.5) is 0 Å². The van der Waals surface area contributed by atoms with Crippen LogP contribution in [0.25, 0.3) is 0 Å². The Morgan fingerprint density at radius 3 is 2.17 bits per heavy atom. The normalized spacial score (nSPS) is 23.6. The number of carbonyl (C=O) groups is 2. The first-order chi connectivity index (χ1) is 11.6. The Kier molecular flexibility index (Phi) is 5.19. The maximum Gasteiger partial charge on any atom is 0.253 e. The molecule has 0 radical (unpaired) electrons. The van der Waals surface area contributed by atoms with Gasteiger partial charge in [0.05, 0.1) is 0 Å². The molecule has 2 amide bonds. The van der Waals surface area contributed by atoms with Gasteiger partial charge in [-0.1, -0.05) is 0 Å². The largest absolute Gasteiger partial charge is 0.396 e. The highest BCUT2D eigenvalue weighted by Gasteiger charge is 2.27. The van der Waals surface area contributed by atoms with Gasteiger partial charge in [-0.15, -0.1) is 0 Å². The van der Waals surface area contributed by atoms with E-state index in [1.54, 1.807) is 24.3 Å². The molecular weight excluding hydrogens is 304 g/mol. The SMILES string of the molecule is CN(C(=O)c1ccc(C(=O)NC2CC2)cc1)C1CCC(CO)CC1. The van der Waals surface area contributed by atoms with Gasteiger partial charge in [-0.2, -0.15) is 0 Å². The summed E-state index contributed by atoms with van der Waals surface area (Å²) in [5.74, 6) is 0.317. The number of nitrogens with one attached hydrogen (secondary N) is 1. The number of hydrogen-bond acceptors (Lipinski definition) is 3. The molecule has 2 aliphatic rings. The Morgan fingerprint density at radius 1 is 1.04 bits per heavy atom. The van der Waals surface area contributed by atoms with E-state index >= 15 is 0 Å². The maximum atomic E-state index is 12.6. The zero-order valence-electron chi connectivity index (χ0n) is 14.2. The average molecular weight is 330 g/mol. The molecule has 0 aliphatic heterocycles. The number of rotatable bonds is 5. The molecule has 1 aromatic carbocycles. The second kappa shape index (κ2) is 7.34. The van der Waals surface area contributed by atoms with Gasteiger partial charge in [0.1, 0.15) is 0 Å². The highest BCUT2D eigenvalue weighted by atomic mass is 16.3. The zero-order valence-corrected chi connectivity index (χ0v) is 14.2. The van der Waals surface area contributed by atoms with Crippen molar-refractivity contribution in [3.63, 3.8) is 0 Å². The molecule has 2 fully saturated rings. The number of benzene rings is 1. The molecule has 0 heterocycles. The first kappa shape index (κ1) is 17.0. The summed E-state index contributed by atoms with van der Waals surface area (Å²) in [5, 5.41) is 12.2. The van der Waals surface area contributed by atoms with Crippen molar-refractivity contribution >= 4 is 11.8 Å². The van der Waals surface area contributed by atoms with Crippen LogP contribution in [0.15, 0.2) is 24.3 Å². The van der Waals surface area contributed by atoms with E-state index in [4.69, 9.17) is 0 Å². The summed E-state index contributed by atoms with van der Waals surface area (Å²) in [7, 11) is 1.85. The summed E-state index contributed by atoms with van der Waals surface area (Å²) >= 11 is 0. The topological polar surface area (TPSA) is 69.6 Å². The summed E-state index contributed by atoms with van der Waals surface area (Å²) in [6.07, 6.45) is 5.94. The van der Waals surface area contributed by atoms with E-state index in [1.165, 1.54) is 0 Å². The lowest BCUT2D eigenvalue weighted by Crippen LogP contribution is -2.39. The molecule has 0 bridgehead atoms. The van der Waals surface area contributed by atoms with Crippen molar-refractivity contribution in [1.82, 2.24) is 10.2 Å². The van der Waals surface area contributed by atoms with Gasteiger partial charge in [0.25, 0.3) is 11.8 Å². The molecule has 0 aromatic heterocycles. The first-order valence-electron chi connectivity index (χ1n) is 8.87. The number of aliphatic hydroxyl groups is 1. The fourth-order valence-electron chi connectivity index (χ4n) is 3.34. The van der Waals surface area contributed by atoms with Crippen LogP contribution in [-0.2, 0) is 0 Å². The Morgan fingerprint density at radius 2 is 1.62 bits per heavy atom. The highest BCUT2D eigenvalue weighted by molar-refractivity contribution is 5.98. The predicted molar refractivity (Wildman–Crippen MR) is 91.9 cm³/mol. The molecular formula is C19H26N2O3. The molecule has 1 aromatic rings. The minimum Gasteiger partial charge on any atom is -0.396 e. The zero-order chi connectivity index (χ0) is 17.1. The van der Waals surface area contributed by atoms with Gasteiger partial charge >= 0.3 is 0 Å². The lowest BCUT2D eigenvalue weighted by atomic mass is 9.86. The van der Waals surface area contributed by atoms with Gasteiger partial charge in [-0.3, -0.25) is 9.59 Å². The van der Waals surface area contributed by atoms with Crippen molar-refractivity contribution in [2.45, 2.75) is 50.6 Å². The van der Waals surface area contributed by atoms with E-state index in [2.05, 4.69) is 5.32 Å². The molecule has 3 rings (SSSR count). The Labute approximate surface area is 143 Å².